The van der Waals surface area contributed by atoms with E-state index in [1.54, 1.807) is 25.1 Å². The molecule has 0 spiro atoms. The highest BCUT2D eigenvalue weighted by Crippen LogP contribution is 2.40. The first-order chi connectivity index (χ1) is 16.6. The second-order valence-electron chi connectivity index (χ2n) is 8.78. The molecule has 0 bridgehead atoms. The highest BCUT2D eigenvalue weighted by Gasteiger charge is 2.38. The number of benzene rings is 2. The van der Waals surface area contributed by atoms with Crippen LogP contribution in [-0.2, 0) is 25.9 Å². The monoisotopic (exact) mass is 528 g/mol. The Balaban J connectivity index is 1.66. The molecule has 1 aliphatic carbocycles. The van der Waals surface area contributed by atoms with Gasteiger partial charge in [0.2, 0.25) is 10.0 Å². The Morgan fingerprint density at radius 2 is 1.83 bits per heavy atom. The molecule has 0 aliphatic heterocycles. The summed E-state index contributed by atoms with van der Waals surface area (Å²) in [6.07, 6.45) is 1.00. The summed E-state index contributed by atoms with van der Waals surface area (Å²) >= 11 is 6.12. The highest BCUT2D eigenvalue weighted by atomic mass is 35.5. The molecule has 194 valence electrons. The number of nitrogens with zero attached hydrogens (tertiary/aromatic N) is 1. The standard InChI is InChI=1S/C25H34ClFN2O5S/c1-5-9-32-11-12-33-10-8-28-35(30,31)19-6-7-24(17(2)13-19)34-25-21-14-18(26)15-22(27)20(21)16-23(25)29(3)4/h6-7,13-15,23,25,28H,5,8-12,16H2,1-4H3/t23-,25-/m0/s1. The summed E-state index contributed by atoms with van der Waals surface area (Å²) in [6, 6.07) is 7.68. The van der Waals surface area contributed by atoms with Gasteiger partial charge in [-0.1, -0.05) is 18.5 Å². The van der Waals surface area contributed by atoms with Crippen molar-refractivity contribution in [1.29, 1.82) is 0 Å². The van der Waals surface area contributed by atoms with Gasteiger partial charge in [0, 0.05) is 23.7 Å². The number of hydrogen-bond donors (Lipinski definition) is 1. The number of hydrogen-bond acceptors (Lipinski definition) is 6. The van der Waals surface area contributed by atoms with Gasteiger partial charge in [-0.15, -0.1) is 0 Å². The Bertz CT molecular complexity index is 1110. The lowest BCUT2D eigenvalue weighted by Gasteiger charge is -2.28. The summed E-state index contributed by atoms with van der Waals surface area (Å²) in [5.41, 5.74) is 1.97. The van der Waals surface area contributed by atoms with Crippen LogP contribution in [0, 0.1) is 12.7 Å². The number of halogens is 2. The molecule has 0 amide bonds. The summed E-state index contributed by atoms with van der Waals surface area (Å²) < 4.78 is 59.5. The second kappa shape index (κ2) is 12.5. The minimum atomic E-state index is -3.70. The van der Waals surface area contributed by atoms with Crippen LogP contribution in [0.3, 0.4) is 0 Å². The fourth-order valence-electron chi connectivity index (χ4n) is 4.07. The normalized spacial score (nSPS) is 17.7. The van der Waals surface area contributed by atoms with Crippen LogP contribution in [-0.4, -0.2) is 66.4 Å². The fourth-order valence-corrected chi connectivity index (χ4v) is 5.38. The number of aryl methyl sites for hydroxylation is 1. The lowest BCUT2D eigenvalue weighted by molar-refractivity contribution is 0.0502. The van der Waals surface area contributed by atoms with E-state index in [4.69, 9.17) is 25.8 Å². The first-order valence-electron chi connectivity index (χ1n) is 11.7. The van der Waals surface area contributed by atoms with Crippen molar-refractivity contribution >= 4 is 21.6 Å². The SMILES string of the molecule is CCCOCCOCCNS(=O)(=O)c1ccc(O[C@H]2c3cc(Cl)cc(F)c3C[C@@H]2N(C)C)c(C)c1. The Kier molecular flexibility index (Phi) is 9.92. The van der Waals surface area contributed by atoms with Gasteiger partial charge in [-0.25, -0.2) is 17.5 Å². The van der Waals surface area contributed by atoms with Crippen molar-refractivity contribution in [1.82, 2.24) is 9.62 Å². The molecule has 0 saturated heterocycles. The number of nitrogens with one attached hydrogen (secondary N) is 1. The molecule has 3 rings (SSSR count). The largest absolute Gasteiger partial charge is 0.484 e. The summed E-state index contributed by atoms with van der Waals surface area (Å²) in [4.78, 5) is 2.13. The van der Waals surface area contributed by atoms with E-state index < -0.39 is 16.1 Å². The number of fused-ring (bicyclic) bond motifs is 1. The third kappa shape index (κ3) is 7.15. The summed E-state index contributed by atoms with van der Waals surface area (Å²) in [6.45, 7) is 5.81. The maximum Gasteiger partial charge on any atom is 0.240 e. The van der Waals surface area contributed by atoms with E-state index >= 15 is 0 Å². The molecular formula is C25H34ClFN2O5S. The van der Waals surface area contributed by atoms with E-state index in [1.807, 2.05) is 25.9 Å². The zero-order chi connectivity index (χ0) is 25.6. The average molecular weight is 529 g/mol. The van der Waals surface area contributed by atoms with Crippen LogP contribution >= 0.6 is 11.6 Å². The van der Waals surface area contributed by atoms with Gasteiger partial charge in [-0.2, -0.15) is 0 Å². The molecule has 35 heavy (non-hydrogen) atoms. The Labute approximate surface area is 212 Å². The predicted octanol–water partition coefficient (Wildman–Crippen LogP) is 4.12. The van der Waals surface area contributed by atoms with Crippen LogP contribution in [0.5, 0.6) is 5.75 Å². The van der Waals surface area contributed by atoms with Crippen LogP contribution < -0.4 is 9.46 Å². The molecule has 1 aliphatic rings. The second-order valence-corrected chi connectivity index (χ2v) is 11.0. The molecule has 2 atom stereocenters. The van der Waals surface area contributed by atoms with Gasteiger partial charge >= 0.3 is 0 Å². The molecule has 0 unspecified atom stereocenters. The molecule has 0 aromatic heterocycles. The van der Waals surface area contributed by atoms with Crippen LogP contribution in [0.15, 0.2) is 35.2 Å². The first kappa shape index (κ1) is 27.8. The van der Waals surface area contributed by atoms with E-state index in [-0.39, 0.29) is 29.9 Å². The van der Waals surface area contributed by atoms with Crippen molar-refractivity contribution in [2.75, 3.05) is 47.1 Å². The minimum absolute atomic E-state index is 0.0881. The van der Waals surface area contributed by atoms with Crippen LogP contribution in [0.4, 0.5) is 4.39 Å². The van der Waals surface area contributed by atoms with Gasteiger partial charge < -0.3 is 19.1 Å². The number of likely N-dealkylation sites (N-methyl/N-ethyl adjacent to an activating group) is 1. The molecule has 0 radical (unpaired) electrons. The van der Waals surface area contributed by atoms with Gasteiger partial charge in [-0.3, -0.25) is 0 Å². The summed E-state index contributed by atoms with van der Waals surface area (Å²) in [5, 5.41) is 0.316. The van der Waals surface area contributed by atoms with E-state index in [0.717, 1.165) is 6.42 Å². The minimum Gasteiger partial charge on any atom is -0.484 e. The molecule has 0 fully saturated rings. The third-order valence-electron chi connectivity index (χ3n) is 5.90. The van der Waals surface area contributed by atoms with Crippen LogP contribution in [0.2, 0.25) is 5.02 Å². The van der Waals surface area contributed by atoms with Gasteiger partial charge in [0.05, 0.1) is 30.8 Å². The van der Waals surface area contributed by atoms with E-state index in [9.17, 15) is 12.8 Å². The molecule has 2 aromatic rings. The van der Waals surface area contributed by atoms with E-state index in [0.29, 0.717) is 53.7 Å². The van der Waals surface area contributed by atoms with E-state index in [1.165, 1.54) is 12.1 Å². The number of sulfonamides is 1. The van der Waals surface area contributed by atoms with Crippen molar-refractivity contribution in [3.8, 4) is 5.75 Å². The topological polar surface area (TPSA) is 77.1 Å². The van der Waals surface area contributed by atoms with Crippen molar-refractivity contribution in [2.45, 2.75) is 43.7 Å². The molecule has 0 heterocycles. The Morgan fingerprint density at radius 3 is 2.49 bits per heavy atom. The molecule has 1 N–H and O–H groups in total. The first-order valence-corrected chi connectivity index (χ1v) is 13.6. The summed E-state index contributed by atoms with van der Waals surface area (Å²) in [5.74, 6) is 0.191. The van der Waals surface area contributed by atoms with Crippen molar-refractivity contribution in [2.24, 2.45) is 0 Å². The molecule has 7 nitrogen and oxygen atoms in total. The van der Waals surface area contributed by atoms with Gasteiger partial charge in [-0.05, 0) is 75.3 Å². The van der Waals surface area contributed by atoms with Gasteiger partial charge in [0.25, 0.3) is 0 Å². The lowest BCUT2D eigenvalue weighted by atomic mass is 10.1. The zero-order valence-corrected chi connectivity index (χ0v) is 22.2. The van der Waals surface area contributed by atoms with Gasteiger partial charge in [0.15, 0.2) is 0 Å². The predicted molar refractivity (Wildman–Crippen MR) is 134 cm³/mol. The van der Waals surface area contributed by atoms with Crippen molar-refractivity contribution in [3.63, 3.8) is 0 Å². The molecule has 0 saturated carbocycles. The smallest absolute Gasteiger partial charge is 0.240 e. The van der Waals surface area contributed by atoms with Crippen molar-refractivity contribution in [3.05, 3.63) is 57.9 Å². The molecule has 10 heteroatoms. The van der Waals surface area contributed by atoms with Crippen LogP contribution in [0.25, 0.3) is 0 Å². The maximum absolute atomic E-state index is 14.5. The van der Waals surface area contributed by atoms with E-state index in [2.05, 4.69) is 4.72 Å². The highest BCUT2D eigenvalue weighted by molar-refractivity contribution is 7.89. The van der Waals surface area contributed by atoms with Gasteiger partial charge in [0.1, 0.15) is 17.7 Å². The molecular weight excluding hydrogens is 495 g/mol. The number of rotatable bonds is 13. The fraction of sp³-hybridized carbons (Fsp3) is 0.520. The van der Waals surface area contributed by atoms with Crippen molar-refractivity contribution < 1.29 is 27.0 Å². The maximum atomic E-state index is 14.5. The zero-order valence-electron chi connectivity index (χ0n) is 20.6. The molecule has 2 aromatic carbocycles. The Hall–Kier alpha value is -1.75. The summed E-state index contributed by atoms with van der Waals surface area (Å²) in [7, 11) is 0.134. The quantitative estimate of drug-likeness (QED) is 0.394. The third-order valence-corrected chi connectivity index (χ3v) is 7.57. The Morgan fingerprint density at radius 1 is 1.11 bits per heavy atom. The van der Waals surface area contributed by atoms with Crippen LogP contribution in [0.1, 0.15) is 36.1 Å². The average Bonchev–Trinajstić information content (AvgIpc) is 3.15. The lowest BCUT2D eigenvalue weighted by Crippen LogP contribution is -2.34. The number of ether oxygens (including phenoxy) is 3.